The summed E-state index contributed by atoms with van der Waals surface area (Å²) >= 11 is 0. The van der Waals surface area contributed by atoms with Crippen molar-refractivity contribution < 1.29 is 4.74 Å². The van der Waals surface area contributed by atoms with Gasteiger partial charge in [-0.15, -0.1) is 0 Å². The fraction of sp³-hybridized carbons (Fsp3) is 0.765. The zero-order valence-electron chi connectivity index (χ0n) is 15.5. The number of aromatic nitrogens is 6. The topological polar surface area (TPSA) is 73.9 Å². The van der Waals surface area contributed by atoms with E-state index in [2.05, 4.69) is 46.4 Å². The van der Waals surface area contributed by atoms with Gasteiger partial charge < -0.3 is 9.64 Å². The highest BCUT2D eigenvalue weighted by Crippen LogP contribution is 2.39. The van der Waals surface area contributed by atoms with E-state index in [1.165, 1.54) is 24.1 Å². The Labute approximate surface area is 148 Å². The summed E-state index contributed by atoms with van der Waals surface area (Å²) in [5.41, 5.74) is 3.46. The van der Waals surface area contributed by atoms with Crippen LogP contribution in [0.15, 0.2) is 0 Å². The SMILES string of the molecule is Cc1nn(C)c(C)c1[C@@H]1OCC[C@H]1Cn1nnnc1N(C)CC1CC1. The van der Waals surface area contributed by atoms with Gasteiger partial charge in [0.1, 0.15) is 0 Å². The highest BCUT2D eigenvalue weighted by molar-refractivity contribution is 5.29. The molecule has 0 aromatic carbocycles. The molecule has 1 saturated carbocycles. The van der Waals surface area contributed by atoms with Crippen molar-refractivity contribution in [1.82, 2.24) is 30.0 Å². The van der Waals surface area contributed by atoms with Gasteiger partial charge in [-0.3, -0.25) is 4.68 Å². The number of hydrogen-bond donors (Lipinski definition) is 0. The molecule has 2 atom stereocenters. The molecule has 2 aromatic rings. The third-order valence-corrected chi connectivity index (χ3v) is 5.55. The predicted octanol–water partition coefficient (Wildman–Crippen LogP) is 1.65. The van der Waals surface area contributed by atoms with Crippen molar-refractivity contribution >= 4 is 5.95 Å². The van der Waals surface area contributed by atoms with Gasteiger partial charge in [0, 0.05) is 44.4 Å². The van der Waals surface area contributed by atoms with Crippen LogP contribution < -0.4 is 4.90 Å². The molecule has 2 aromatic heterocycles. The summed E-state index contributed by atoms with van der Waals surface area (Å²) in [7, 11) is 4.07. The summed E-state index contributed by atoms with van der Waals surface area (Å²) in [6.45, 7) is 6.76. The number of aryl methyl sites for hydroxylation is 2. The summed E-state index contributed by atoms with van der Waals surface area (Å²) in [4.78, 5) is 2.18. The minimum atomic E-state index is 0.0690. The molecule has 0 radical (unpaired) electrons. The molecule has 0 unspecified atom stereocenters. The Kier molecular flexibility index (Phi) is 4.23. The molecule has 2 aliphatic rings. The van der Waals surface area contributed by atoms with Crippen LogP contribution in [0.2, 0.25) is 0 Å². The summed E-state index contributed by atoms with van der Waals surface area (Å²) in [5.74, 6) is 2.02. The van der Waals surface area contributed by atoms with Gasteiger partial charge in [0.15, 0.2) is 0 Å². The fourth-order valence-corrected chi connectivity index (χ4v) is 3.92. The van der Waals surface area contributed by atoms with Crippen LogP contribution in [0.1, 0.15) is 42.3 Å². The Morgan fingerprint density at radius 1 is 1.24 bits per heavy atom. The van der Waals surface area contributed by atoms with E-state index < -0.39 is 0 Å². The maximum atomic E-state index is 6.10. The van der Waals surface area contributed by atoms with Crippen LogP contribution >= 0.6 is 0 Å². The van der Waals surface area contributed by atoms with Crippen molar-refractivity contribution in [2.24, 2.45) is 18.9 Å². The molecule has 8 nitrogen and oxygen atoms in total. The minimum absolute atomic E-state index is 0.0690. The van der Waals surface area contributed by atoms with Crippen LogP contribution in [0.5, 0.6) is 0 Å². The first-order valence-corrected chi connectivity index (χ1v) is 9.13. The minimum Gasteiger partial charge on any atom is -0.373 e. The summed E-state index contributed by atoms with van der Waals surface area (Å²) in [5, 5.41) is 17.0. The molecular weight excluding hydrogens is 318 g/mol. The zero-order chi connectivity index (χ0) is 17.6. The van der Waals surface area contributed by atoms with E-state index >= 15 is 0 Å². The molecule has 3 heterocycles. The smallest absolute Gasteiger partial charge is 0.245 e. The van der Waals surface area contributed by atoms with Crippen LogP contribution in [0.25, 0.3) is 0 Å². The van der Waals surface area contributed by atoms with Crippen molar-refractivity contribution in [3.63, 3.8) is 0 Å². The van der Waals surface area contributed by atoms with Crippen molar-refractivity contribution in [3.8, 4) is 0 Å². The van der Waals surface area contributed by atoms with Gasteiger partial charge in [-0.25, -0.2) is 4.68 Å². The lowest BCUT2D eigenvalue weighted by atomic mass is 9.94. The highest BCUT2D eigenvalue weighted by Gasteiger charge is 2.35. The van der Waals surface area contributed by atoms with E-state index in [-0.39, 0.29) is 6.10 Å². The summed E-state index contributed by atoms with van der Waals surface area (Å²) in [6, 6.07) is 0. The Morgan fingerprint density at radius 3 is 2.72 bits per heavy atom. The normalized spacial score (nSPS) is 23.4. The van der Waals surface area contributed by atoms with E-state index in [1.807, 2.05) is 16.4 Å². The van der Waals surface area contributed by atoms with Gasteiger partial charge in [-0.1, -0.05) is 5.10 Å². The second kappa shape index (κ2) is 6.40. The van der Waals surface area contributed by atoms with Gasteiger partial charge in [-0.2, -0.15) is 5.10 Å². The van der Waals surface area contributed by atoms with Crippen molar-refractivity contribution in [1.29, 1.82) is 0 Å². The molecular formula is C17H27N7O. The van der Waals surface area contributed by atoms with E-state index in [4.69, 9.17) is 4.74 Å². The monoisotopic (exact) mass is 345 g/mol. The lowest BCUT2D eigenvalue weighted by molar-refractivity contribution is 0.0845. The van der Waals surface area contributed by atoms with Crippen LogP contribution in [0.4, 0.5) is 5.95 Å². The Bertz CT molecular complexity index is 748. The van der Waals surface area contributed by atoms with E-state index in [9.17, 15) is 0 Å². The number of ether oxygens (including phenoxy) is 1. The van der Waals surface area contributed by atoms with E-state index in [0.717, 1.165) is 43.7 Å². The second-order valence-electron chi connectivity index (χ2n) is 7.53. The first kappa shape index (κ1) is 16.5. The molecule has 136 valence electrons. The molecule has 0 spiro atoms. The molecule has 0 bridgehead atoms. The molecule has 25 heavy (non-hydrogen) atoms. The first-order chi connectivity index (χ1) is 12.0. The van der Waals surface area contributed by atoms with Gasteiger partial charge in [0.25, 0.3) is 0 Å². The molecule has 4 rings (SSSR count). The average molecular weight is 345 g/mol. The number of nitrogens with zero attached hydrogens (tertiary/aromatic N) is 7. The third-order valence-electron chi connectivity index (χ3n) is 5.55. The predicted molar refractivity (Wildman–Crippen MR) is 93.3 cm³/mol. The number of hydrogen-bond acceptors (Lipinski definition) is 6. The standard InChI is InChI=1S/C17H27N7O/c1-11-15(12(2)23(4)19-11)16-14(7-8-25-16)10-24-17(18-20-21-24)22(3)9-13-5-6-13/h13-14,16H,5-10H2,1-4H3/t14-,16+/m0/s1. The van der Waals surface area contributed by atoms with Crippen LogP contribution in [-0.4, -0.2) is 50.2 Å². The van der Waals surface area contributed by atoms with Crippen LogP contribution in [-0.2, 0) is 18.3 Å². The van der Waals surface area contributed by atoms with Crippen molar-refractivity contribution in [2.75, 3.05) is 25.1 Å². The largest absolute Gasteiger partial charge is 0.373 e. The Balaban J connectivity index is 1.53. The van der Waals surface area contributed by atoms with Crippen molar-refractivity contribution in [2.45, 2.75) is 45.8 Å². The van der Waals surface area contributed by atoms with E-state index in [0.29, 0.717) is 5.92 Å². The molecule has 8 heteroatoms. The van der Waals surface area contributed by atoms with Crippen LogP contribution in [0.3, 0.4) is 0 Å². The van der Waals surface area contributed by atoms with E-state index in [1.54, 1.807) is 0 Å². The van der Waals surface area contributed by atoms with Gasteiger partial charge in [0.05, 0.1) is 18.3 Å². The molecule has 0 N–H and O–H groups in total. The second-order valence-corrected chi connectivity index (χ2v) is 7.53. The fourth-order valence-electron chi connectivity index (χ4n) is 3.92. The van der Waals surface area contributed by atoms with Gasteiger partial charge >= 0.3 is 0 Å². The highest BCUT2D eigenvalue weighted by atomic mass is 16.5. The molecule has 1 aliphatic heterocycles. The maximum Gasteiger partial charge on any atom is 0.245 e. The lowest BCUT2D eigenvalue weighted by Crippen LogP contribution is -2.26. The maximum absolute atomic E-state index is 6.10. The molecule has 2 fully saturated rings. The number of tetrazole rings is 1. The van der Waals surface area contributed by atoms with Gasteiger partial charge in [-0.05, 0) is 49.5 Å². The van der Waals surface area contributed by atoms with Crippen LogP contribution in [0, 0.1) is 25.7 Å². The molecule has 1 saturated heterocycles. The third kappa shape index (κ3) is 3.15. The molecule has 1 aliphatic carbocycles. The quantitative estimate of drug-likeness (QED) is 0.792. The Morgan fingerprint density at radius 2 is 2.04 bits per heavy atom. The average Bonchev–Trinajstić information content (AvgIpc) is 2.98. The number of anilines is 1. The van der Waals surface area contributed by atoms with Gasteiger partial charge in [0.2, 0.25) is 5.95 Å². The number of rotatable bonds is 6. The first-order valence-electron chi connectivity index (χ1n) is 9.13. The Hall–Kier alpha value is -1.96. The zero-order valence-corrected chi connectivity index (χ0v) is 15.5. The summed E-state index contributed by atoms with van der Waals surface area (Å²) < 4.78 is 9.98. The lowest BCUT2D eigenvalue weighted by Gasteiger charge is -2.22. The summed E-state index contributed by atoms with van der Waals surface area (Å²) in [6.07, 6.45) is 3.73. The van der Waals surface area contributed by atoms with Crippen molar-refractivity contribution in [3.05, 3.63) is 17.0 Å². The molecule has 0 amide bonds.